The highest BCUT2D eigenvalue weighted by Gasteiger charge is 2.42. The van der Waals surface area contributed by atoms with Crippen molar-refractivity contribution in [1.82, 2.24) is 10.6 Å². The van der Waals surface area contributed by atoms with E-state index in [0.717, 1.165) is 36.2 Å². The van der Waals surface area contributed by atoms with Gasteiger partial charge in [0.2, 0.25) is 0 Å². The molecule has 1 aromatic heterocycles. The Morgan fingerprint density at radius 3 is 2.64 bits per heavy atom. The topological polar surface area (TPSA) is 66.3 Å². The molecule has 5 nitrogen and oxygen atoms in total. The molecule has 1 aromatic carbocycles. The van der Waals surface area contributed by atoms with Crippen molar-refractivity contribution in [3.05, 3.63) is 65.8 Å². The quantitative estimate of drug-likeness (QED) is 0.753. The van der Waals surface area contributed by atoms with Crippen LogP contribution in [0, 0.1) is 5.92 Å². The minimum atomic E-state index is 0.0244. The summed E-state index contributed by atoms with van der Waals surface area (Å²) < 4.78 is 5.39. The number of fused-ring (bicyclic) bond motifs is 2. The Bertz CT molecular complexity index is 859. The first-order valence-electron chi connectivity index (χ1n) is 10.4. The summed E-state index contributed by atoms with van der Waals surface area (Å²) in [4.78, 5) is 13.1. The van der Waals surface area contributed by atoms with Crippen molar-refractivity contribution < 1.29 is 9.21 Å². The lowest BCUT2D eigenvalue weighted by atomic mass is 9.89. The van der Waals surface area contributed by atoms with Gasteiger partial charge in [-0.2, -0.15) is 0 Å². The van der Waals surface area contributed by atoms with Gasteiger partial charge in [-0.1, -0.05) is 31.0 Å². The molecule has 0 unspecified atom stereocenters. The van der Waals surface area contributed by atoms with Gasteiger partial charge in [-0.3, -0.25) is 4.79 Å². The smallest absolute Gasteiger partial charge is 0.253 e. The third-order valence-electron chi connectivity index (χ3n) is 6.51. The van der Waals surface area contributed by atoms with Crippen LogP contribution in [0.15, 0.2) is 64.6 Å². The number of para-hydroxylation sites is 1. The van der Waals surface area contributed by atoms with Gasteiger partial charge in [0.15, 0.2) is 0 Å². The average molecular weight is 377 g/mol. The predicted molar refractivity (Wildman–Crippen MR) is 109 cm³/mol. The molecule has 28 heavy (non-hydrogen) atoms. The summed E-state index contributed by atoms with van der Waals surface area (Å²) in [6, 6.07) is 12.8. The number of benzene rings is 1. The minimum Gasteiger partial charge on any atom is -0.472 e. The highest BCUT2D eigenvalue weighted by molar-refractivity contribution is 6.04. The van der Waals surface area contributed by atoms with Crippen LogP contribution in [0.2, 0.25) is 0 Å². The summed E-state index contributed by atoms with van der Waals surface area (Å²) in [6.45, 7) is 0. The maximum Gasteiger partial charge on any atom is 0.253 e. The van der Waals surface area contributed by atoms with E-state index in [9.17, 15) is 4.79 Å². The number of furan rings is 1. The van der Waals surface area contributed by atoms with Crippen LogP contribution in [-0.4, -0.2) is 18.0 Å². The SMILES string of the molecule is O=C(Nc1ccccc1)C1=C2N[C@H]3CCCC[C@@H]3N[C@@H](c3ccoc3)[C@H]2CC1. The molecule has 5 rings (SSSR count). The second-order valence-electron chi connectivity index (χ2n) is 8.20. The average Bonchev–Trinajstić information content (AvgIpc) is 3.36. The molecule has 0 bridgehead atoms. The van der Waals surface area contributed by atoms with Crippen LogP contribution in [0.5, 0.6) is 0 Å². The summed E-state index contributed by atoms with van der Waals surface area (Å²) in [5.41, 5.74) is 4.08. The Hall–Kier alpha value is -2.53. The molecule has 1 amide bonds. The first kappa shape index (κ1) is 17.6. The van der Waals surface area contributed by atoms with Crippen molar-refractivity contribution in [2.24, 2.45) is 5.92 Å². The van der Waals surface area contributed by atoms with Gasteiger partial charge in [-0.25, -0.2) is 0 Å². The molecule has 0 spiro atoms. The molecule has 2 fully saturated rings. The second-order valence-corrected chi connectivity index (χ2v) is 8.20. The van der Waals surface area contributed by atoms with Crippen molar-refractivity contribution in [3.63, 3.8) is 0 Å². The molecule has 1 aliphatic heterocycles. The predicted octanol–water partition coefficient (Wildman–Crippen LogP) is 4.13. The largest absolute Gasteiger partial charge is 0.472 e. The fourth-order valence-electron chi connectivity index (χ4n) is 5.12. The molecule has 5 heteroatoms. The Labute approximate surface area is 165 Å². The lowest BCUT2D eigenvalue weighted by Crippen LogP contribution is -2.47. The standard InChI is InChI=1S/C23H27N3O2/c27-23(24-16-6-2-1-3-7-16)18-11-10-17-21(15-12-13-28-14-15)25-19-8-4-5-9-20(19)26-22(17)18/h1-3,6-7,12-14,17,19-21,25-26H,4-5,8-11H2,(H,24,27)/t17-,19+,20+,21+/m1/s1. The van der Waals surface area contributed by atoms with Gasteiger partial charge in [0.05, 0.1) is 12.5 Å². The first-order chi connectivity index (χ1) is 13.8. The van der Waals surface area contributed by atoms with Crippen LogP contribution >= 0.6 is 0 Å². The minimum absolute atomic E-state index is 0.0244. The zero-order chi connectivity index (χ0) is 18.9. The summed E-state index contributed by atoms with van der Waals surface area (Å²) in [5.74, 6) is 0.302. The lowest BCUT2D eigenvalue weighted by molar-refractivity contribution is -0.113. The van der Waals surface area contributed by atoms with E-state index < -0.39 is 0 Å². The van der Waals surface area contributed by atoms with E-state index in [-0.39, 0.29) is 17.9 Å². The monoisotopic (exact) mass is 377 g/mol. The van der Waals surface area contributed by atoms with E-state index in [2.05, 4.69) is 22.0 Å². The second kappa shape index (κ2) is 7.47. The Balaban J connectivity index is 1.48. The number of anilines is 1. The van der Waals surface area contributed by atoms with E-state index in [4.69, 9.17) is 4.42 Å². The molecule has 0 radical (unpaired) electrons. The van der Waals surface area contributed by atoms with Crippen molar-refractivity contribution in [2.75, 3.05) is 5.32 Å². The van der Waals surface area contributed by atoms with Crippen LogP contribution in [0.4, 0.5) is 5.69 Å². The maximum absolute atomic E-state index is 13.1. The van der Waals surface area contributed by atoms with Gasteiger partial charge in [-0.15, -0.1) is 0 Å². The number of hydrogen-bond donors (Lipinski definition) is 3. The van der Waals surface area contributed by atoms with Crippen LogP contribution in [-0.2, 0) is 4.79 Å². The normalized spacial score (nSPS) is 29.4. The molecule has 2 aromatic rings. The summed E-state index contributed by atoms with van der Waals surface area (Å²) in [7, 11) is 0. The van der Waals surface area contributed by atoms with Crippen molar-refractivity contribution in [2.45, 2.75) is 56.7 Å². The zero-order valence-corrected chi connectivity index (χ0v) is 16.0. The van der Waals surface area contributed by atoms with Gasteiger partial charge in [-0.05, 0) is 43.9 Å². The molecule has 3 aliphatic rings. The van der Waals surface area contributed by atoms with E-state index in [1.807, 2.05) is 36.6 Å². The third-order valence-corrected chi connectivity index (χ3v) is 6.51. The van der Waals surface area contributed by atoms with Crippen LogP contribution in [0.25, 0.3) is 0 Å². The van der Waals surface area contributed by atoms with Gasteiger partial charge >= 0.3 is 0 Å². The molecule has 3 N–H and O–H groups in total. The highest BCUT2D eigenvalue weighted by Crippen LogP contribution is 2.43. The summed E-state index contributed by atoms with van der Waals surface area (Å²) in [6.07, 6.45) is 10.2. The van der Waals surface area contributed by atoms with Crippen LogP contribution < -0.4 is 16.0 Å². The molecule has 146 valence electrons. The number of rotatable bonds is 3. The number of carbonyl (C=O) groups is 1. The zero-order valence-electron chi connectivity index (χ0n) is 16.0. The number of nitrogens with one attached hydrogen (secondary N) is 3. The fraction of sp³-hybridized carbons (Fsp3) is 0.435. The molecule has 1 saturated carbocycles. The lowest BCUT2D eigenvalue weighted by Gasteiger charge is -2.33. The Kier molecular flexibility index (Phi) is 4.69. The molecular formula is C23H27N3O2. The van der Waals surface area contributed by atoms with Gasteiger partial charge in [0.1, 0.15) is 0 Å². The first-order valence-corrected chi connectivity index (χ1v) is 10.4. The van der Waals surface area contributed by atoms with Gasteiger partial charge in [0, 0.05) is 46.6 Å². The summed E-state index contributed by atoms with van der Waals surface area (Å²) in [5, 5.41) is 10.8. The van der Waals surface area contributed by atoms with Crippen LogP contribution in [0.3, 0.4) is 0 Å². The van der Waals surface area contributed by atoms with Gasteiger partial charge < -0.3 is 20.4 Å². The van der Waals surface area contributed by atoms with Crippen molar-refractivity contribution in [3.8, 4) is 0 Å². The summed E-state index contributed by atoms with van der Waals surface area (Å²) >= 11 is 0. The molecular weight excluding hydrogens is 350 g/mol. The fourth-order valence-corrected chi connectivity index (χ4v) is 5.12. The Morgan fingerprint density at radius 1 is 1.04 bits per heavy atom. The van der Waals surface area contributed by atoms with Crippen molar-refractivity contribution in [1.29, 1.82) is 0 Å². The van der Waals surface area contributed by atoms with E-state index in [0.29, 0.717) is 12.1 Å². The van der Waals surface area contributed by atoms with Crippen molar-refractivity contribution >= 4 is 11.6 Å². The third kappa shape index (κ3) is 3.24. The van der Waals surface area contributed by atoms with E-state index in [1.165, 1.54) is 24.8 Å². The molecule has 2 heterocycles. The highest BCUT2D eigenvalue weighted by atomic mass is 16.3. The Morgan fingerprint density at radius 2 is 1.86 bits per heavy atom. The number of carbonyl (C=O) groups excluding carboxylic acids is 1. The van der Waals surface area contributed by atoms with E-state index >= 15 is 0 Å². The number of amides is 1. The number of hydrogen-bond acceptors (Lipinski definition) is 4. The molecule has 1 saturated heterocycles. The molecule has 2 aliphatic carbocycles. The van der Waals surface area contributed by atoms with Crippen LogP contribution in [0.1, 0.15) is 50.1 Å². The van der Waals surface area contributed by atoms with Gasteiger partial charge in [0.25, 0.3) is 5.91 Å². The maximum atomic E-state index is 13.1. The molecule has 4 atom stereocenters. The van der Waals surface area contributed by atoms with E-state index in [1.54, 1.807) is 6.26 Å².